The van der Waals surface area contributed by atoms with E-state index in [0.717, 1.165) is 38.3 Å². The maximum Gasteiger partial charge on any atom is 0.123 e. The summed E-state index contributed by atoms with van der Waals surface area (Å²) < 4.78 is 5.72. The molecule has 1 unspecified atom stereocenters. The molecule has 0 amide bonds. The standard InChI is InChI=1S/C17H28N2O2/c1-4-21-17-6-5-14(9-16(17)12-18(2)3)10-19-8-7-15(11-19)13-20/h5-6,9,15,20H,4,7-8,10-13H2,1-3H3. The van der Waals surface area contributed by atoms with Crippen LogP contribution in [0.4, 0.5) is 0 Å². The third-order valence-electron chi connectivity index (χ3n) is 3.95. The molecule has 1 heterocycles. The van der Waals surface area contributed by atoms with Crippen molar-refractivity contribution < 1.29 is 9.84 Å². The molecule has 0 aromatic heterocycles. The van der Waals surface area contributed by atoms with E-state index in [0.29, 0.717) is 19.1 Å². The Bertz CT molecular complexity index is 448. The van der Waals surface area contributed by atoms with Crippen LogP contribution in [0.5, 0.6) is 5.75 Å². The van der Waals surface area contributed by atoms with E-state index in [1.807, 2.05) is 6.92 Å². The van der Waals surface area contributed by atoms with Crippen LogP contribution in [0, 0.1) is 5.92 Å². The van der Waals surface area contributed by atoms with Crippen LogP contribution in [0.3, 0.4) is 0 Å². The SMILES string of the molecule is CCOc1ccc(CN2CCC(CO)C2)cc1CN(C)C. The van der Waals surface area contributed by atoms with Crippen molar-refractivity contribution in [3.63, 3.8) is 0 Å². The van der Waals surface area contributed by atoms with E-state index in [4.69, 9.17) is 4.74 Å². The highest BCUT2D eigenvalue weighted by molar-refractivity contribution is 5.37. The highest BCUT2D eigenvalue weighted by Gasteiger charge is 2.21. The molecule has 0 spiro atoms. The van der Waals surface area contributed by atoms with E-state index in [1.54, 1.807) is 0 Å². The van der Waals surface area contributed by atoms with Gasteiger partial charge in [-0.3, -0.25) is 4.90 Å². The third kappa shape index (κ3) is 4.70. The molecule has 21 heavy (non-hydrogen) atoms. The molecule has 0 saturated carbocycles. The second kappa shape index (κ2) is 7.78. The number of rotatable bonds is 7. The first-order valence-electron chi connectivity index (χ1n) is 7.85. The number of nitrogens with zero attached hydrogens (tertiary/aromatic N) is 2. The zero-order valence-corrected chi connectivity index (χ0v) is 13.5. The lowest BCUT2D eigenvalue weighted by Crippen LogP contribution is -2.21. The third-order valence-corrected chi connectivity index (χ3v) is 3.95. The summed E-state index contributed by atoms with van der Waals surface area (Å²) in [5.41, 5.74) is 2.58. The van der Waals surface area contributed by atoms with Crippen molar-refractivity contribution in [1.29, 1.82) is 0 Å². The Hall–Kier alpha value is -1.10. The zero-order chi connectivity index (χ0) is 15.2. The molecular weight excluding hydrogens is 264 g/mol. The highest BCUT2D eigenvalue weighted by atomic mass is 16.5. The van der Waals surface area contributed by atoms with Crippen molar-refractivity contribution in [3.05, 3.63) is 29.3 Å². The summed E-state index contributed by atoms with van der Waals surface area (Å²) in [5.74, 6) is 1.44. The maximum absolute atomic E-state index is 9.24. The van der Waals surface area contributed by atoms with Crippen LogP contribution in [-0.2, 0) is 13.1 Å². The lowest BCUT2D eigenvalue weighted by Gasteiger charge is -2.19. The van der Waals surface area contributed by atoms with Gasteiger partial charge in [-0.25, -0.2) is 0 Å². The number of ether oxygens (including phenoxy) is 1. The van der Waals surface area contributed by atoms with Gasteiger partial charge in [0.2, 0.25) is 0 Å². The number of benzene rings is 1. The van der Waals surface area contributed by atoms with Crippen molar-refractivity contribution in [1.82, 2.24) is 9.80 Å². The van der Waals surface area contributed by atoms with Gasteiger partial charge in [0.15, 0.2) is 0 Å². The lowest BCUT2D eigenvalue weighted by atomic mass is 10.1. The monoisotopic (exact) mass is 292 g/mol. The normalized spacial score (nSPS) is 19.4. The molecule has 1 aliphatic heterocycles. The molecule has 118 valence electrons. The summed E-state index contributed by atoms with van der Waals surface area (Å²) >= 11 is 0. The number of aliphatic hydroxyl groups is 1. The average molecular weight is 292 g/mol. The van der Waals surface area contributed by atoms with Crippen LogP contribution in [0.2, 0.25) is 0 Å². The average Bonchev–Trinajstić information content (AvgIpc) is 2.89. The van der Waals surface area contributed by atoms with Crippen LogP contribution in [0.25, 0.3) is 0 Å². The number of likely N-dealkylation sites (tertiary alicyclic amines) is 1. The van der Waals surface area contributed by atoms with Crippen LogP contribution in [-0.4, -0.2) is 55.3 Å². The molecule has 1 fully saturated rings. The van der Waals surface area contributed by atoms with Gasteiger partial charge in [-0.1, -0.05) is 6.07 Å². The van der Waals surface area contributed by atoms with E-state index < -0.39 is 0 Å². The largest absolute Gasteiger partial charge is 0.494 e. The minimum Gasteiger partial charge on any atom is -0.494 e. The van der Waals surface area contributed by atoms with Crippen molar-refractivity contribution >= 4 is 0 Å². The van der Waals surface area contributed by atoms with Crippen molar-refractivity contribution in [3.8, 4) is 5.75 Å². The van der Waals surface area contributed by atoms with Crippen LogP contribution >= 0.6 is 0 Å². The van der Waals surface area contributed by atoms with Gasteiger partial charge in [-0.05, 0) is 57.6 Å². The minimum absolute atomic E-state index is 0.311. The Morgan fingerprint density at radius 2 is 2.19 bits per heavy atom. The zero-order valence-electron chi connectivity index (χ0n) is 13.5. The molecular formula is C17H28N2O2. The van der Waals surface area contributed by atoms with Crippen molar-refractivity contribution in [2.75, 3.05) is 40.4 Å². The smallest absolute Gasteiger partial charge is 0.123 e. The van der Waals surface area contributed by atoms with Crippen molar-refractivity contribution in [2.45, 2.75) is 26.4 Å². The Morgan fingerprint density at radius 1 is 1.38 bits per heavy atom. The molecule has 1 aromatic carbocycles. The summed E-state index contributed by atoms with van der Waals surface area (Å²) in [6.07, 6.45) is 1.11. The van der Waals surface area contributed by atoms with E-state index in [-0.39, 0.29) is 0 Å². The molecule has 0 radical (unpaired) electrons. The van der Waals surface area contributed by atoms with E-state index >= 15 is 0 Å². The van der Waals surface area contributed by atoms with Gasteiger partial charge in [0.05, 0.1) is 6.61 Å². The summed E-state index contributed by atoms with van der Waals surface area (Å²) in [6, 6.07) is 6.52. The van der Waals surface area contributed by atoms with Gasteiger partial charge in [0.25, 0.3) is 0 Å². The number of hydrogen-bond acceptors (Lipinski definition) is 4. The maximum atomic E-state index is 9.24. The second-order valence-electron chi connectivity index (χ2n) is 6.19. The van der Waals surface area contributed by atoms with E-state index in [1.165, 1.54) is 11.1 Å². The molecule has 4 heteroatoms. The molecule has 1 saturated heterocycles. The summed E-state index contributed by atoms with van der Waals surface area (Å²) in [5, 5.41) is 9.24. The fourth-order valence-corrected chi connectivity index (χ4v) is 2.96. The van der Waals surface area contributed by atoms with Gasteiger partial charge in [-0.15, -0.1) is 0 Å². The molecule has 1 aliphatic rings. The molecule has 2 rings (SSSR count). The number of aliphatic hydroxyl groups excluding tert-OH is 1. The Morgan fingerprint density at radius 3 is 2.81 bits per heavy atom. The molecule has 4 nitrogen and oxygen atoms in total. The minimum atomic E-state index is 0.311. The lowest BCUT2D eigenvalue weighted by molar-refractivity contribution is 0.220. The Kier molecular flexibility index (Phi) is 6.03. The van der Waals surface area contributed by atoms with Gasteiger partial charge < -0.3 is 14.7 Å². The van der Waals surface area contributed by atoms with E-state index in [9.17, 15) is 5.11 Å². The van der Waals surface area contributed by atoms with Gasteiger partial charge in [0, 0.05) is 31.8 Å². The van der Waals surface area contributed by atoms with Gasteiger partial charge >= 0.3 is 0 Å². The summed E-state index contributed by atoms with van der Waals surface area (Å²) in [6.45, 7) is 6.97. The first-order chi connectivity index (χ1) is 10.1. The molecule has 1 atom stereocenters. The first-order valence-corrected chi connectivity index (χ1v) is 7.85. The van der Waals surface area contributed by atoms with Gasteiger partial charge in [-0.2, -0.15) is 0 Å². The van der Waals surface area contributed by atoms with Crippen molar-refractivity contribution in [2.24, 2.45) is 5.92 Å². The molecule has 0 aliphatic carbocycles. The predicted molar refractivity (Wildman–Crippen MR) is 85.5 cm³/mol. The quantitative estimate of drug-likeness (QED) is 0.833. The fourth-order valence-electron chi connectivity index (χ4n) is 2.96. The Balaban J connectivity index is 2.06. The molecule has 1 aromatic rings. The highest BCUT2D eigenvalue weighted by Crippen LogP contribution is 2.24. The Labute approximate surface area is 128 Å². The van der Waals surface area contributed by atoms with Crippen LogP contribution < -0.4 is 4.74 Å². The molecule has 0 bridgehead atoms. The summed E-state index contributed by atoms with van der Waals surface area (Å²) in [4.78, 5) is 4.59. The van der Waals surface area contributed by atoms with Crippen LogP contribution in [0.1, 0.15) is 24.5 Å². The predicted octanol–water partition coefficient (Wildman–Crippen LogP) is 1.96. The van der Waals surface area contributed by atoms with E-state index in [2.05, 4.69) is 42.1 Å². The van der Waals surface area contributed by atoms with Crippen LogP contribution in [0.15, 0.2) is 18.2 Å². The van der Waals surface area contributed by atoms with Gasteiger partial charge in [0.1, 0.15) is 5.75 Å². The fraction of sp³-hybridized carbons (Fsp3) is 0.647. The second-order valence-corrected chi connectivity index (χ2v) is 6.19. The molecule has 1 N–H and O–H groups in total. The first kappa shape index (κ1) is 16.3. The number of hydrogen-bond donors (Lipinski definition) is 1. The topological polar surface area (TPSA) is 35.9 Å². The summed E-state index contributed by atoms with van der Waals surface area (Å²) in [7, 11) is 4.16.